The second-order valence-corrected chi connectivity index (χ2v) is 6.41. The average Bonchev–Trinajstić information content (AvgIpc) is 2.89. The Kier molecular flexibility index (Phi) is 4.30. The zero-order valence-electron chi connectivity index (χ0n) is 12.7. The van der Waals surface area contributed by atoms with E-state index in [9.17, 15) is 0 Å². The van der Waals surface area contributed by atoms with Gasteiger partial charge in [0.25, 0.3) is 0 Å². The third-order valence-electron chi connectivity index (χ3n) is 5.02. The number of rotatable bonds is 4. The molecule has 0 radical (unpaired) electrons. The summed E-state index contributed by atoms with van der Waals surface area (Å²) in [5.74, 6) is 0. The molecular weight excluding hydrogens is 246 g/mol. The van der Waals surface area contributed by atoms with Gasteiger partial charge in [-0.05, 0) is 43.7 Å². The molecule has 1 heterocycles. The van der Waals surface area contributed by atoms with Crippen molar-refractivity contribution in [2.45, 2.75) is 70.0 Å². The first kappa shape index (κ1) is 13.9. The first-order valence-corrected chi connectivity index (χ1v) is 8.31. The molecule has 2 nitrogen and oxygen atoms in total. The molecule has 1 aromatic rings. The average molecular weight is 273 g/mol. The van der Waals surface area contributed by atoms with Crippen LogP contribution in [-0.2, 0) is 11.2 Å². The number of hydrogen-bond donors (Lipinski definition) is 1. The van der Waals surface area contributed by atoms with E-state index >= 15 is 0 Å². The number of benzene rings is 1. The molecule has 2 fully saturated rings. The monoisotopic (exact) mass is 273 g/mol. The van der Waals surface area contributed by atoms with Crippen LogP contribution in [0.5, 0.6) is 0 Å². The van der Waals surface area contributed by atoms with Gasteiger partial charge in [-0.1, -0.05) is 44.4 Å². The molecule has 1 spiro atoms. The molecule has 1 aliphatic carbocycles. The fourth-order valence-electron chi connectivity index (χ4n) is 3.83. The Morgan fingerprint density at radius 2 is 1.95 bits per heavy atom. The molecule has 1 saturated heterocycles. The van der Waals surface area contributed by atoms with Crippen molar-refractivity contribution in [1.29, 1.82) is 0 Å². The largest absolute Gasteiger partial charge is 0.382 e. The molecule has 1 atom stereocenters. The first-order chi connectivity index (χ1) is 9.81. The summed E-state index contributed by atoms with van der Waals surface area (Å²) in [5.41, 5.74) is 2.93. The number of para-hydroxylation sites is 1. The maximum absolute atomic E-state index is 6.42. The number of nitrogens with one attached hydrogen (secondary N) is 1. The van der Waals surface area contributed by atoms with E-state index in [-0.39, 0.29) is 5.60 Å². The SMILES string of the molecule is CCc1ccccc1NCC1CCC2(CCCCC2)O1. The van der Waals surface area contributed by atoms with Gasteiger partial charge in [-0.25, -0.2) is 0 Å². The van der Waals surface area contributed by atoms with E-state index in [1.165, 1.54) is 56.2 Å². The van der Waals surface area contributed by atoms with Crippen LogP contribution in [0.2, 0.25) is 0 Å². The number of ether oxygens (including phenoxy) is 1. The number of aryl methyl sites for hydroxylation is 1. The van der Waals surface area contributed by atoms with E-state index in [4.69, 9.17) is 4.74 Å². The third kappa shape index (κ3) is 3.01. The summed E-state index contributed by atoms with van der Waals surface area (Å²) >= 11 is 0. The van der Waals surface area contributed by atoms with Gasteiger partial charge >= 0.3 is 0 Å². The van der Waals surface area contributed by atoms with Gasteiger partial charge in [-0.15, -0.1) is 0 Å². The Balaban J connectivity index is 1.54. The van der Waals surface area contributed by atoms with Crippen LogP contribution in [-0.4, -0.2) is 18.2 Å². The lowest BCUT2D eigenvalue weighted by Crippen LogP contribution is -2.33. The molecule has 1 unspecified atom stereocenters. The minimum absolute atomic E-state index is 0.245. The van der Waals surface area contributed by atoms with Crippen molar-refractivity contribution in [2.75, 3.05) is 11.9 Å². The Labute approximate surface area is 122 Å². The van der Waals surface area contributed by atoms with Crippen LogP contribution in [0, 0.1) is 0 Å². The van der Waals surface area contributed by atoms with Gasteiger partial charge in [-0.3, -0.25) is 0 Å². The van der Waals surface area contributed by atoms with Gasteiger partial charge in [-0.2, -0.15) is 0 Å². The lowest BCUT2D eigenvalue weighted by molar-refractivity contribution is -0.0588. The lowest BCUT2D eigenvalue weighted by atomic mass is 9.83. The molecule has 2 heteroatoms. The molecule has 1 saturated carbocycles. The fourth-order valence-corrected chi connectivity index (χ4v) is 3.83. The van der Waals surface area contributed by atoms with Gasteiger partial charge in [0.2, 0.25) is 0 Å². The van der Waals surface area contributed by atoms with Crippen molar-refractivity contribution in [3.63, 3.8) is 0 Å². The molecule has 20 heavy (non-hydrogen) atoms. The van der Waals surface area contributed by atoms with Crippen LogP contribution in [0.15, 0.2) is 24.3 Å². The second-order valence-electron chi connectivity index (χ2n) is 6.41. The van der Waals surface area contributed by atoms with Crippen LogP contribution in [0.3, 0.4) is 0 Å². The van der Waals surface area contributed by atoms with Crippen LogP contribution >= 0.6 is 0 Å². The zero-order valence-corrected chi connectivity index (χ0v) is 12.7. The van der Waals surface area contributed by atoms with Gasteiger partial charge in [0, 0.05) is 12.2 Å². The number of anilines is 1. The predicted molar refractivity (Wildman–Crippen MR) is 84.2 cm³/mol. The highest BCUT2D eigenvalue weighted by Crippen LogP contribution is 2.41. The van der Waals surface area contributed by atoms with E-state index in [0.29, 0.717) is 6.10 Å². The van der Waals surface area contributed by atoms with E-state index in [0.717, 1.165) is 13.0 Å². The van der Waals surface area contributed by atoms with Crippen molar-refractivity contribution in [1.82, 2.24) is 0 Å². The zero-order chi connectivity index (χ0) is 13.8. The molecule has 0 amide bonds. The molecule has 1 aliphatic heterocycles. The molecule has 3 rings (SSSR count). The van der Waals surface area contributed by atoms with E-state index in [2.05, 4.69) is 36.5 Å². The van der Waals surface area contributed by atoms with E-state index < -0.39 is 0 Å². The second kappa shape index (κ2) is 6.17. The molecule has 1 aromatic carbocycles. The Morgan fingerprint density at radius 1 is 1.15 bits per heavy atom. The predicted octanol–water partition coefficient (Wildman–Crippen LogP) is 4.54. The van der Waals surface area contributed by atoms with Crippen molar-refractivity contribution in [3.05, 3.63) is 29.8 Å². The van der Waals surface area contributed by atoms with Crippen molar-refractivity contribution in [3.8, 4) is 0 Å². The third-order valence-corrected chi connectivity index (χ3v) is 5.02. The lowest BCUT2D eigenvalue weighted by Gasteiger charge is -2.33. The maximum atomic E-state index is 6.42. The smallest absolute Gasteiger partial charge is 0.0756 e. The maximum Gasteiger partial charge on any atom is 0.0756 e. The highest BCUT2D eigenvalue weighted by atomic mass is 16.5. The van der Waals surface area contributed by atoms with Gasteiger partial charge in [0.1, 0.15) is 0 Å². The van der Waals surface area contributed by atoms with Crippen molar-refractivity contribution >= 4 is 5.69 Å². The van der Waals surface area contributed by atoms with Gasteiger partial charge in [0.15, 0.2) is 0 Å². The van der Waals surface area contributed by atoms with E-state index in [1.807, 2.05) is 0 Å². The van der Waals surface area contributed by atoms with Crippen molar-refractivity contribution < 1.29 is 4.74 Å². The fraction of sp³-hybridized carbons (Fsp3) is 0.667. The summed E-state index contributed by atoms with van der Waals surface area (Å²) in [4.78, 5) is 0. The molecule has 2 aliphatic rings. The minimum Gasteiger partial charge on any atom is -0.382 e. The Hall–Kier alpha value is -1.02. The van der Waals surface area contributed by atoms with Gasteiger partial charge in [0.05, 0.1) is 11.7 Å². The normalized spacial score (nSPS) is 24.9. The van der Waals surface area contributed by atoms with Crippen LogP contribution in [0.4, 0.5) is 5.69 Å². The minimum atomic E-state index is 0.245. The highest BCUT2D eigenvalue weighted by Gasteiger charge is 2.40. The first-order valence-electron chi connectivity index (χ1n) is 8.31. The summed E-state index contributed by atoms with van der Waals surface area (Å²) in [6.07, 6.45) is 10.7. The Morgan fingerprint density at radius 3 is 2.75 bits per heavy atom. The molecular formula is C18H27NO. The van der Waals surface area contributed by atoms with Crippen LogP contribution in [0.25, 0.3) is 0 Å². The molecule has 110 valence electrons. The Bertz CT molecular complexity index is 437. The highest BCUT2D eigenvalue weighted by molar-refractivity contribution is 5.51. The van der Waals surface area contributed by atoms with Crippen molar-refractivity contribution in [2.24, 2.45) is 0 Å². The quantitative estimate of drug-likeness (QED) is 0.869. The molecule has 1 N–H and O–H groups in total. The number of hydrogen-bond acceptors (Lipinski definition) is 2. The van der Waals surface area contributed by atoms with Gasteiger partial charge < -0.3 is 10.1 Å². The summed E-state index contributed by atoms with van der Waals surface area (Å²) in [6, 6.07) is 8.62. The standard InChI is InChI=1S/C18H27NO/c1-2-15-8-4-5-9-17(15)19-14-16-10-13-18(20-16)11-6-3-7-12-18/h4-5,8-9,16,19H,2-3,6-7,10-14H2,1H3. The molecule has 0 aromatic heterocycles. The summed E-state index contributed by atoms with van der Waals surface area (Å²) in [5, 5.41) is 3.60. The van der Waals surface area contributed by atoms with E-state index in [1.54, 1.807) is 0 Å². The summed E-state index contributed by atoms with van der Waals surface area (Å²) < 4.78 is 6.42. The summed E-state index contributed by atoms with van der Waals surface area (Å²) in [7, 11) is 0. The van der Waals surface area contributed by atoms with Crippen LogP contribution < -0.4 is 5.32 Å². The topological polar surface area (TPSA) is 21.3 Å². The van der Waals surface area contributed by atoms with Crippen LogP contribution in [0.1, 0.15) is 57.4 Å². The summed E-state index contributed by atoms with van der Waals surface area (Å²) in [6.45, 7) is 3.17. The molecule has 0 bridgehead atoms.